The van der Waals surface area contributed by atoms with Crippen LogP contribution >= 0.6 is 7.82 Å². The van der Waals surface area contributed by atoms with E-state index < -0.39 is 32.5 Å². The molecular weight excluding hydrogens is 766 g/mol. The summed E-state index contributed by atoms with van der Waals surface area (Å²) in [5.41, 5.74) is 0. The molecule has 59 heavy (non-hydrogen) atoms. The van der Waals surface area contributed by atoms with Gasteiger partial charge in [-0.25, -0.2) is 4.57 Å². The summed E-state index contributed by atoms with van der Waals surface area (Å²) in [5, 5.41) is 0. The number of phosphoric ester groups is 1. The van der Waals surface area contributed by atoms with Gasteiger partial charge in [-0.2, -0.15) is 0 Å². The number of carbonyl (C=O) groups excluding carboxylic acids is 2. The molecule has 0 radical (unpaired) electrons. The van der Waals surface area contributed by atoms with Crippen LogP contribution in [0.25, 0.3) is 0 Å². The van der Waals surface area contributed by atoms with E-state index in [0.717, 1.165) is 70.6 Å². The zero-order chi connectivity index (χ0) is 43.3. The van der Waals surface area contributed by atoms with Crippen LogP contribution in [0.2, 0.25) is 0 Å². The highest BCUT2D eigenvalue weighted by atomic mass is 31.2. The van der Waals surface area contributed by atoms with Gasteiger partial charge >= 0.3 is 19.8 Å². The first-order valence-corrected chi connectivity index (χ1v) is 24.3. The number of likely N-dealkylation sites (N-methyl/N-ethyl adjacent to an activating group) is 1. The van der Waals surface area contributed by atoms with E-state index in [0.29, 0.717) is 36.1 Å². The summed E-state index contributed by atoms with van der Waals surface area (Å²) < 4.78 is 39.9. The number of quaternary nitrogens is 1. The molecule has 1 rings (SSSR count). The Morgan fingerprint density at radius 1 is 0.627 bits per heavy atom. The summed E-state index contributed by atoms with van der Waals surface area (Å²) in [7, 11) is 1.41. The molecule has 338 valence electrons. The monoisotopic (exact) mass is 849 g/mol. The van der Waals surface area contributed by atoms with Crippen molar-refractivity contribution in [3.05, 3.63) is 72.9 Å². The Morgan fingerprint density at radius 2 is 1.15 bits per heavy atom. The fraction of sp³-hybridized carbons (Fsp3) is 0.708. The molecule has 0 aromatic rings. The number of hydrogen-bond acceptors (Lipinski definition) is 8. The van der Waals surface area contributed by atoms with Gasteiger partial charge in [0.1, 0.15) is 19.8 Å². The zero-order valence-electron chi connectivity index (χ0n) is 37.7. The van der Waals surface area contributed by atoms with E-state index in [1.54, 1.807) is 0 Å². The van der Waals surface area contributed by atoms with Crippen LogP contribution in [-0.2, 0) is 37.4 Å². The van der Waals surface area contributed by atoms with Crippen LogP contribution in [0.3, 0.4) is 0 Å². The van der Waals surface area contributed by atoms with Crippen molar-refractivity contribution < 1.29 is 46.8 Å². The molecule has 0 saturated carbocycles. The molecular formula is C48H83NO9P+. The summed E-state index contributed by atoms with van der Waals surface area (Å²) in [5.74, 6) is -0.916. The molecule has 0 amide bonds. The van der Waals surface area contributed by atoms with Crippen LogP contribution in [0.1, 0.15) is 155 Å². The number of unbranched alkanes of at least 4 members (excludes halogenated alkanes) is 11. The van der Waals surface area contributed by atoms with Crippen LogP contribution in [0.4, 0.5) is 0 Å². The van der Waals surface area contributed by atoms with Crippen molar-refractivity contribution in [1.29, 1.82) is 0 Å². The Balaban J connectivity index is 2.33. The average molecular weight is 849 g/mol. The Morgan fingerprint density at radius 3 is 1.75 bits per heavy atom. The first-order chi connectivity index (χ1) is 28.5. The number of nitrogens with zero attached hydrogens (tertiary/aromatic N) is 1. The van der Waals surface area contributed by atoms with E-state index >= 15 is 0 Å². The van der Waals surface area contributed by atoms with Gasteiger partial charge in [0.05, 0.1) is 40.0 Å². The van der Waals surface area contributed by atoms with E-state index in [-0.39, 0.29) is 26.1 Å². The second-order valence-corrected chi connectivity index (χ2v) is 17.9. The normalized spacial score (nSPS) is 17.7. The maximum absolute atomic E-state index is 12.7. The predicted molar refractivity (Wildman–Crippen MR) is 242 cm³/mol. The van der Waals surface area contributed by atoms with E-state index in [9.17, 15) is 19.0 Å². The zero-order valence-corrected chi connectivity index (χ0v) is 38.5. The lowest BCUT2D eigenvalue weighted by Gasteiger charge is -2.24. The number of esters is 2. The first-order valence-electron chi connectivity index (χ1n) is 22.8. The quantitative estimate of drug-likeness (QED) is 0.0161. The Hall–Kier alpha value is -2.59. The average Bonchev–Trinajstić information content (AvgIpc) is 3.94. The molecule has 10 nitrogen and oxygen atoms in total. The Kier molecular flexibility index (Phi) is 33.3. The minimum Gasteiger partial charge on any atom is -0.462 e. The highest BCUT2D eigenvalue weighted by molar-refractivity contribution is 7.47. The van der Waals surface area contributed by atoms with Gasteiger partial charge in [-0.3, -0.25) is 18.6 Å². The highest BCUT2D eigenvalue weighted by Crippen LogP contribution is 2.43. The van der Waals surface area contributed by atoms with Gasteiger partial charge in [-0.1, -0.05) is 138 Å². The van der Waals surface area contributed by atoms with Crippen LogP contribution in [0, 0.1) is 0 Å². The van der Waals surface area contributed by atoms with Crippen molar-refractivity contribution >= 4 is 19.8 Å². The third-order valence-corrected chi connectivity index (χ3v) is 10.6. The molecule has 1 aliphatic rings. The molecule has 0 aliphatic carbocycles. The Labute approximate surface area is 359 Å². The molecule has 1 N–H and O–H groups in total. The first kappa shape index (κ1) is 54.4. The summed E-state index contributed by atoms with van der Waals surface area (Å²) >= 11 is 0. The summed E-state index contributed by atoms with van der Waals surface area (Å²) in [6, 6.07) is 0. The van der Waals surface area contributed by atoms with Gasteiger partial charge in [-0.15, -0.1) is 0 Å². The topological polar surface area (TPSA) is 121 Å². The molecule has 0 bridgehead atoms. The predicted octanol–water partition coefficient (Wildman–Crippen LogP) is 12.0. The molecule has 1 aliphatic heterocycles. The standard InChI is InChI=1S/C48H82NO9P/c1-6-8-10-11-12-13-14-15-16-17-21-24-27-30-34-38-47(50)54-42-44(43-56-59(52,53)55-41-40-49(3,4)5)57-48(51)39-35-31-28-25-22-19-18-20-23-26-29-33-37-46-45(58-46)36-32-9-7-2/h9,15-16,19-20,22-23,28-29,31-33,44-46H,6-8,10-14,17-18,21,24-27,30,34-43H2,1-5H3/p+1/b16-15-,22-19-,23-20-,31-28-,32-9-,33-29-/t44-,45?,46?/m1/s1. The van der Waals surface area contributed by atoms with E-state index in [1.165, 1.54) is 44.9 Å². The minimum atomic E-state index is -4.40. The van der Waals surface area contributed by atoms with Crippen LogP contribution < -0.4 is 0 Å². The smallest absolute Gasteiger partial charge is 0.462 e. The van der Waals surface area contributed by atoms with Crippen molar-refractivity contribution in [3.8, 4) is 0 Å². The van der Waals surface area contributed by atoms with Crippen molar-refractivity contribution in [2.24, 2.45) is 0 Å². The van der Waals surface area contributed by atoms with Gasteiger partial charge in [0, 0.05) is 12.8 Å². The van der Waals surface area contributed by atoms with Crippen LogP contribution in [0.15, 0.2) is 72.9 Å². The second-order valence-electron chi connectivity index (χ2n) is 16.4. The second kappa shape index (κ2) is 36.1. The summed E-state index contributed by atoms with van der Waals surface area (Å²) in [4.78, 5) is 35.4. The minimum absolute atomic E-state index is 0.0115. The SMILES string of the molecule is CC/C=C\CC1OC1C/C=C\C/C=C\C/C=C\C/C=C\CCC(=O)O[C@H](COC(=O)CCCCCCC/C=C\CCCCCCCC)COP(=O)(O)OCC[N+](C)(C)C. The fourth-order valence-electron chi connectivity index (χ4n) is 5.96. The number of carbonyl (C=O) groups is 2. The number of epoxide rings is 1. The molecule has 0 aromatic carbocycles. The van der Waals surface area contributed by atoms with Gasteiger partial charge in [-0.05, 0) is 77.0 Å². The third-order valence-electron chi connectivity index (χ3n) is 9.64. The molecule has 0 spiro atoms. The lowest BCUT2D eigenvalue weighted by Crippen LogP contribution is -2.37. The van der Waals surface area contributed by atoms with Crippen LogP contribution in [-0.4, -0.2) is 87.1 Å². The van der Waals surface area contributed by atoms with Crippen molar-refractivity contribution in [2.45, 2.75) is 173 Å². The molecule has 1 saturated heterocycles. The summed E-state index contributed by atoms with van der Waals surface area (Å²) in [6.07, 6.45) is 47.2. The Bertz CT molecular complexity index is 1300. The van der Waals surface area contributed by atoms with Gasteiger partial charge in [0.15, 0.2) is 6.10 Å². The van der Waals surface area contributed by atoms with Gasteiger partial charge < -0.3 is 23.6 Å². The van der Waals surface area contributed by atoms with E-state index in [1.807, 2.05) is 33.3 Å². The molecule has 11 heteroatoms. The molecule has 1 fully saturated rings. The van der Waals surface area contributed by atoms with Crippen molar-refractivity contribution in [2.75, 3.05) is 47.5 Å². The maximum atomic E-state index is 12.7. The number of hydrogen-bond donors (Lipinski definition) is 1. The summed E-state index contributed by atoms with van der Waals surface area (Å²) in [6.45, 7) is 4.18. The lowest BCUT2D eigenvalue weighted by molar-refractivity contribution is -0.870. The molecule has 3 unspecified atom stereocenters. The largest absolute Gasteiger partial charge is 0.472 e. The third kappa shape index (κ3) is 36.9. The number of rotatable bonds is 39. The van der Waals surface area contributed by atoms with Crippen molar-refractivity contribution in [3.63, 3.8) is 0 Å². The maximum Gasteiger partial charge on any atom is 0.472 e. The highest BCUT2D eigenvalue weighted by Gasteiger charge is 2.36. The molecule has 4 atom stereocenters. The van der Waals surface area contributed by atoms with E-state index in [4.69, 9.17) is 23.3 Å². The van der Waals surface area contributed by atoms with Crippen molar-refractivity contribution in [1.82, 2.24) is 0 Å². The van der Waals surface area contributed by atoms with E-state index in [2.05, 4.69) is 74.6 Å². The lowest BCUT2D eigenvalue weighted by atomic mass is 10.1. The number of allylic oxidation sites excluding steroid dienone is 10. The van der Waals surface area contributed by atoms with Gasteiger partial charge in [0.2, 0.25) is 0 Å². The fourth-order valence-corrected chi connectivity index (χ4v) is 6.70. The number of phosphoric acid groups is 1. The molecule has 0 aromatic heterocycles. The number of ether oxygens (including phenoxy) is 3. The van der Waals surface area contributed by atoms with Crippen LogP contribution in [0.5, 0.6) is 0 Å². The molecule has 1 heterocycles. The van der Waals surface area contributed by atoms with Gasteiger partial charge in [0.25, 0.3) is 0 Å².